The fourth-order valence-corrected chi connectivity index (χ4v) is 4.85. The second-order valence-corrected chi connectivity index (χ2v) is 10.0. The molecule has 0 spiro atoms. The minimum absolute atomic E-state index is 0.0864. The number of hydrogen-bond donors (Lipinski definition) is 0. The van der Waals surface area contributed by atoms with E-state index in [2.05, 4.69) is 0 Å². The van der Waals surface area contributed by atoms with Crippen molar-refractivity contribution in [2.75, 3.05) is 31.6 Å². The molecular formula is C23H31F3N2O3. The van der Waals surface area contributed by atoms with Crippen LogP contribution in [0.4, 0.5) is 23.7 Å². The van der Waals surface area contributed by atoms with Crippen LogP contribution < -0.4 is 9.64 Å². The standard InChI is InChI=1S/C23H31F3N2O3/c1-22(2,3)31-21(29)28-9-8-19-17(12-28)16-10-15(30-13-14-6-5-7-14)11-18(23(24,25)26)20(16)27(19)4/h10-11,14,17,19H,5-9,12-13H2,1-4H3/t17-,19-/m1/s1. The summed E-state index contributed by atoms with van der Waals surface area (Å²) in [6.45, 7) is 6.65. The van der Waals surface area contributed by atoms with E-state index in [4.69, 9.17) is 9.47 Å². The van der Waals surface area contributed by atoms with E-state index in [1.807, 2.05) is 0 Å². The van der Waals surface area contributed by atoms with E-state index in [0.29, 0.717) is 37.6 Å². The zero-order chi connectivity index (χ0) is 22.6. The number of alkyl halides is 3. The van der Waals surface area contributed by atoms with Gasteiger partial charge in [0.25, 0.3) is 0 Å². The molecule has 1 aromatic rings. The minimum Gasteiger partial charge on any atom is -0.493 e. The topological polar surface area (TPSA) is 42.0 Å². The zero-order valence-electron chi connectivity index (χ0n) is 18.6. The van der Waals surface area contributed by atoms with Crippen molar-refractivity contribution in [3.8, 4) is 5.75 Å². The van der Waals surface area contributed by atoms with E-state index in [0.717, 1.165) is 25.3 Å². The Morgan fingerprint density at radius 3 is 2.45 bits per heavy atom. The highest BCUT2D eigenvalue weighted by atomic mass is 19.4. The predicted octanol–water partition coefficient (Wildman–Crippen LogP) is 5.43. The van der Waals surface area contributed by atoms with Crippen molar-refractivity contribution in [3.63, 3.8) is 0 Å². The lowest BCUT2D eigenvalue weighted by molar-refractivity contribution is -0.137. The Kier molecular flexibility index (Phi) is 5.54. The van der Waals surface area contributed by atoms with E-state index in [1.54, 1.807) is 43.7 Å². The summed E-state index contributed by atoms with van der Waals surface area (Å²) < 4.78 is 53.2. The molecule has 0 aromatic heterocycles. The molecule has 2 aliphatic heterocycles. The summed E-state index contributed by atoms with van der Waals surface area (Å²) in [5.74, 6) is 0.478. The lowest BCUT2D eigenvalue weighted by Gasteiger charge is -2.38. The van der Waals surface area contributed by atoms with Gasteiger partial charge < -0.3 is 19.3 Å². The van der Waals surface area contributed by atoms with Gasteiger partial charge in [-0.15, -0.1) is 0 Å². The van der Waals surface area contributed by atoms with Crippen LogP contribution in [0.5, 0.6) is 5.75 Å². The Balaban J connectivity index is 1.64. The predicted molar refractivity (Wildman–Crippen MR) is 112 cm³/mol. The number of carbonyl (C=O) groups excluding carboxylic acids is 1. The van der Waals surface area contributed by atoms with Gasteiger partial charge in [0, 0.05) is 32.1 Å². The molecule has 2 atom stereocenters. The number of halogens is 3. The first-order valence-corrected chi connectivity index (χ1v) is 11.0. The highest BCUT2D eigenvalue weighted by Crippen LogP contribution is 2.51. The molecule has 0 radical (unpaired) electrons. The van der Waals surface area contributed by atoms with Gasteiger partial charge in [0.15, 0.2) is 0 Å². The van der Waals surface area contributed by atoms with Crippen molar-refractivity contribution in [1.82, 2.24) is 4.90 Å². The van der Waals surface area contributed by atoms with Crippen molar-refractivity contribution in [2.24, 2.45) is 5.92 Å². The molecule has 2 heterocycles. The lowest BCUT2D eigenvalue weighted by atomic mass is 9.86. The number of amides is 1. The minimum atomic E-state index is -4.48. The summed E-state index contributed by atoms with van der Waals surface area (Å²) in [7, 11) is 1.72. The second kappa shape index (κ2) is 7.78. The van der Waals surface area contributed by atoms with Crippen molar-refractivity contribution < 1.29 is 27.4 Å². The zero-order valence-corrected chi connectivity index (χ0v) is 18.6. The number of piperidine rings is 1. The van der Waals surface area contributed by atoms with Crippen LogP contribution in [0, 0.1) is 5.92 Å². The smallest absolute Gasteiger partial charge is 0.418 e. The molecule has 0 N–H and O–H groups in total. The number of likely N-dealkylation sites (tertiary alicyclic amines) is 1. The molecule has 1 saturated heterocycles. The number of anilines is 1. The van der Waals surface area contributed by atoms with E-state index in [9.17, 15) is 18.0 Å². The number of carbonyl (C=O) groups is 1. The average molecular weight is 441 g/mol. The summed E-state index contributed by atoms with van der Waals surface area (Å²) in [6, 6.07) is 2.80. The fraction of sp³-hybridized carbons (Fsp3) is 0.696. The number of fused-ring (bicyclic) bond motifs is 3. The normalized spacial score (nSPS) is 23.8. The van der Waals surface area contributed by atoms with Gasteiger partial charge in [0.05, 0.1) is 17.9 Å². The lowest BCUT2D eigenvalue weighted by Crippen LogP contribution is -2.48. The maximum Gasteiger partial charge on any atom is 0.418 e. The molecule has 1 saturated carbocycles. The molecule has 1 amide bonds. The van der Waals surface area contributed by atoms with Crippen LogP contribution in [0.2, 0.25) is 0 Å². The molecule has 4 rings (SSSR count). The van der Waals surface area contributed by atoms with Crippen molar-refractivity contribution >= 4 is 11.8 Å². The van der Waals surface area contributed by atoms with E-state index < -0.39 is 23.4 Å². The molecule has 8 heteroatoms. The quantitative estimate of drug-likeness (QED) is 0.629. The van der Waals surface area contributed by atoms with Gasteiger partial charge in [-0.05, 0) is 63.6 Å². The highest BCUT2D eigenvalue weighted by Gasteiger charge is 2.47. The number of nitrogens with zero attached hydrogens (tertiary/aromatic N) is 2. The molecule has 0 unspecified atom stereocenters. The van der Waals surface area contributed by atoms with Gasteiger partial charge >= 0.3 is 12.3 Å². The summed E-state index contributed by atoms with van der Waals surface area (Å²) in [4.78, 5) is 15.9. The van der Waals surface area contributed by atoms with Crippen LogP contribution in [0.25, 0.3) is 0 Å². The van der Waals surface area contributed by atoms with Crippen LogP contribution in [0.3, 0.4) is 0 Å². The second-order valence-electron chi connectivity index (χ2n) is 10.0. The van der Waals surface area contributed by atoms with Gasteiger partial charge in [-0.25, -0.2) is 4.79 Å². The van der Waals surface area contributed by atoms with Crippen LogP contribution in [-0.2, 0) is 10.9 Å². The maximum absolute atomic E-state index is 14.0. The fourth-order valence-electron chi connectivity index (χ4n) is 4.85. The van der Waals surface area contributed by atoms with E-state index in [-0.39, 0.29) is 23.4 Å². The largest absolute Gasteiger partial charge is 0.493 e. The molecule has 172 valence electrons. The number of rotatable bonds is 3. The first kappa shape index (κ1) is 22.1. The molecule has 31 heavy (non-hydrogen) atoms. The number of benzene rings is 1. The summed E-state index contributed by atoms with van der Waals surface area (Å²) in [5, 5.41) is 0. The Morgan fingerprint density at radius 1 is 1.16 bits per heavy atom. The Bertz CT molecular complexity index is 846. The third kappa shape index (κ3) is 4.44. The van der Waals surface area contributed by atoms with E-state index >= 15 is 0 Å². The SMILES string of the molecule is CN1c2c(cc(OCC3CCC3)cc2C(F)(F)F)[C@H]2CN(C(=O)OC(C)(C)C)CC[C@H]21. The van der Waals surface area contributed by atoms with Gasteiger partial charge in [0.2, 0.25) is 0 Å². The molecule has 0 bridgehead atoms. The van der Waals surface area contributed by atoms with Gasteiger partial charge in [0.1, 0.15) is 11.4 Å². The summed E-state index contributed by atoms with van der Waals surface area (Å²) in [5.41, 5.74) is -0.456. The number of likely N-dealkylation sites (N-methyl/N-ethyl adjacent to an activating group) is 1. The monoisotopic (exact) mass is 440 g/mol. The molecular weight excluding hydrogens is 409 g/mol. The third-order valence-corrected chi connectivity index (χ3v) is 6.61. The Hall–Kier alpha value is -2.12. The number of ether oxygens (including phenoxy) is 2. The Morgan fingerprint density at radius 2 is 1.87 bits per heavy atom. The highest BCUT2D eigenvalue weighted by molar-refractivity contribution is 5.72. The summed E-state index contributed by atoms with van der Waals surface area (Å²) >= 11 is 0. The number of hydrogen-bond acceptors (Lipinski definition) is 4. The molecule has 5 nitrogen and oxygen atoms in total. The Labute approximate surface area is 181 Å². The first-order valence-electron chi connectivity index (χ1n) is 11.0. The van der Waals surface area contributed by atoms with Gasteiger partial charge in [-0.1, -0.05) is 6.42 Å². The van der Waals surface area contributed by atoms with Gasteiger partial charge in [-0.2, -0.15) is 13.2 Å². The van der Waals surface area contributed by atoms with Crippen LogP contribution >= 0.6 is 0 Å². The molecule has 1 aliphatic carbocycles. The first-order chi connectivity index (χ1) is 14.4. The van der Waals surface area contributed by atoms with Crippen LogP contribution in [0.15, 0.2) is 12.1 Å². The third-order valence-electron chi connectivity index (χ3n) is 6.61. The molecule has 2 fully saturated rings. The average Bonchev–Trinajstić information content (AvgIpc) is 2.90. The summed E-state index contributed by atoms with van der Waals surface area (Å²) in [6.07, 6.45) is -1.03. The van der Waals surface area contributed by atoms with Gasteiger partial charge in [-0.3, -0.25) is 0 Å². The van der Waals surface area contributed by atoms with Crippen LogP contribution in [-0.4, -0.2) is 49.4 Å². The van der Waals surface area contributed by atoms with E-state index in [1.165, 1.54) is 0 Å². The van der Waals surface area contributed by atoms with Crippen LogP contribution in [0.1, 0.15) is 63.5 Å². The molecule has 3 aliphatic rings. The molecule has 1 aromatic carbocycles. The van der Waals surface area contributed by atoms with Crippen molar-refractivity contribution in [3.05, 3.63) is 23.3 Å². The maximum atomic E-state index is 14.0. The van der Waals surface area contributed by atoms with Crippen molar-refractivity contribution in [2.45, 2.75) is 70.2 Å². The van der Waals surface area contributed by atoms with Crippen molar-refractivity contribution in [1.29, 1.82) is 0 Å².